The lowest BCUT2D eigenvalue weighted by molar-refractivity contribution is 0.186. The van der Waals surface area contributed by atoms with Crippen LogP contribution in [0.2, 0.25) is 0 Å². The van der Waals surface area contributed by atoms with E-state index in [9.17, 15) is 9.13 Å². The minimum absolute atomic E-state index is 0.219. The molecule has 0 heterocycles. The highest BCUT2D eigenvalue weighted by Crippen LogP contribution is 2.48. The van der Waals surface area contributed by atoms with Crippen LogP contribution in [0.25, 0.3) is 0 Å². The Morgan fingerprint density at radius 1 is 1.29 bits per heavy atom. The molecule has 0 fully saturated rings. The van der Waals surface area contributed by atoms with Crippen LogP contribution in [0.3, 0.4) is 0 Å². The van der Waals surface area contributed by atoms with Crippen LogP contribution in [0.15, 0.2) is 0 Å². The average molecular weight is 245 g/mol. The first-order valence-electron chi connectivity index (χ1n) is 3.91. The van der Waals surface area contributed by atoms with Gasteiger partial charge in [-0.3, -0.25) is 4.57 Å². The van der Waals surface area contributed by atoms with E-state index < -0.39 is 15.9 Å². The zero-order chi connectivity index (χ0) is 11.2. The SMILES string of the molecule is COP(=O)(CO[P+](=O)OC(C)C)OC. The molecule has 0 spiro atoms. The Kier molecular flexibility index (Phi) is 6.70. The van der Waals surface area contributed by atoms with Crippen molar-refractivity contribution in [2.45, 2.75) is 20.0 Å². The summed E-state index contributed by atoms with van der Waals surface area (Å²) in [7, 11) is -3.09. The van der Waals surface area contributed by atoms with E-state index in [1.165, 1.54) is 14.2 Å². The second-order valence-electron chi connectivity index (χ2n) is 2.61. The Bertz CT molecular complexity index is 220. The second-order valence-corrected chi connectivity index (χ2v) is 5.74. The van der Waals surface area contributed by atoms with Crippen molar-refractivity contribution in [1.29, 1.82) is 0 Å². The highest BCUT2D eigenvalue weighted by Gasteiger charge is 2.31. The van der Waals surface area contributed by atoms with E-state index >= 15 is 0 Å². The zero-order valence-corrected chi connectivity index (χ0v) is 10.4. The van der Waals surface area contributed by atoms with E-state index in [-0.39, 0.29) is 12.5 Å². The van der Waals surface area contributed by atoms with Gasteiger partial charge in [0.05, 0.1) is 0 Å². The lowest BCUT2D eigenvalue weighted by atomic mass is 10.5. The highest BCUT2D eigenvalue weighted by molar-refractivity contribution is 7.54. The molecule has 8 heteroatoms. The molecule has 0 aromatic heterocycles. The maximum Gasteiger partial charge on any atom is 0.698 e. The van der Waals surface area contributed by atoms with E-state index in [0.717, 1.165) is 0 Å². The smallest absolute Gasteiger partial charge is 0.310 e. The molecule has 1 atom stereocenters. The molecule has 0 amide bonds. The minimum Gasteiger partial charge on any atom is -0.310 e. The van der Waals surface area contributed by atoms with Gasteiger partial charge in [0.15, 0.2) is 0 Å². The van der Waals surface area contributed by atoms with Crippen molar-refractivity contribution in [2.24, 2.45) is 0 Å². The van der Waals surface area contributed by atoms with Crippen molar-refractivity contribution in [2.75, 3.05) is 20.6 Å². The van der Waals surface area contributed by atoms with Gasteiger partial charge in [-0.15, -0.1) is 9.05 Å². The number of hydrogen-bond donors (Lipinski definition) is 0. The third kappa shape index (κ3) is 5.81. The van der Waals surface area contributed by atoms with Crippen LogP contribution in [0.5, 0.6) is 0 Å². The summed E-state index contributed by atoms with van der Waals surface area (Å²) in [6.45, 7) is 3.42. The molecule has 0 saturated carbocycles. The molecule has 0 aliphatic heterocycles. The third-order valence-corrected chi connectivity index (χ3v) is 3.87. The number of rotatable bonds is 7. The topological polar surface area (TPSA) is 71.1 Å². The van der Waals surface area contributed by atoms with Crippen LogP contribution in [-0.4, -0.2) is 26.7 Å². The maximum atomic E-state index is 11.4. The van der Waals surface area contributed by atoms with Crippen molar-refractivity contribution >= 4 is 15.9 Å². The summed E-state index contributed by atoms with van der Waals surface area (Å²) in [6, 6.07) is 0. The fraction of sp³-hybridized carbons (Fsp3) is 1.00. The van der Waals surface area contributed by atoms with E-state index in [2.05, 4.69) is 13.6 Å². The summed E-state index contributed by atoms with van der Waals surface area (Å²) in [6.07, 6.45) is -0.606. The van der Waals surface area contributed by atoms with Crippen LogP contribution in [0, 0.1) is 0 Å². The molecule has 0 aliphatic rings. The molecule has 84 valence electrons. The minimum atomic E-state index is -3.26. The largest absolute Gasteiger partial charge is 0.698 e. The quantitative estimate of drug-likeness (QED) is 0.642. The second kappa shape index (κ2) is 6.62. The standard InChI is InChI=1S/C6H15O6P2/c1-6(2)12-13(7)11-5-14(8,9-3)10-4/h6H,5H2,1-4H3/q+1. The molecule has 0 N–H and O–H groups in total. The fourth-order valence-corrected chi connectivity index (χ4v) is 2.21. The Hall–Kier alpha value is 0.170. The molecule has 0 aromatic rings. The van der Waals surface area contributed by atoms with E-state index in [0.29, 0.717) is 0 Å². The third-order valence-electron chi connectivity index (χ3n) is 1.17. The number of hydrogen-bond acceptors (Lipinski definition) is 6. The summed E-state index contributed by atoms with van der Waals surface area (Å²) >= 11 is 0. The molecule has 0 radical (unpaired) electrons. The van der Waals surface area contributed by atoms with Crippen LogP contribution < -0.4 is 0 Å². The molecular weight excluding hydrogens is 230 g/mol. The first kappa shape index (κ1) is 14.2. The summed E-state index contributed by atoms with van der Waals surface area (Å²) in [5.41, 5.74) is 0. The summed E-state index contributed by atoms with van der Waals surface area (Å²) in [4.78, 5) is 0. The first-order valence-corrected chi connectivity index (χ1v) is 6.73. The van der Waals surface area contributed by atoms with Crippen LogP contribution in [-0.2, 0) is 27.2 Å². The van der Waals surface area contributed by atoms with Gasteiger partial charge < -0.3 is 9.05 Å². The molecule has 14 heavy (non-hydrogen) atoms. The van der Waals surface area contributed by atoms with Crippen molar-refractivity contribution in [3.8, 4) is 0 Å². The van der Waals surface area contributed by atoms with Crippen LogP contribution in [0.4, 0.5) is 0 Å². The zero-order valence-electron chi connectivity index (χ0n) is 8.63. The van der Waals surface area contributed by atoms with Crippen molar-refractivity contribution in [1.82, 2.24) is 0 Å². The Balaban J connectivity index is 3.93. The predicted molar refractivity (Wildman–Crippen MR) is 51.4 cm³/mol. The van der Waals surface area contributed by atoms with Gasteiger partial charge in [0.1, 0.15) is 6.10 Å². The summed E-state index contributed by atoms with van der Waals surface area (Å²) in [5, 5.41) is 0. The lowest BCUT2D eigenvalue weighted by Crippen LogP contribution is -1.99. The Morgan fingerprint density at radius 2 is 1.79 bits per heavy atom. The van der Waals surface area contributed by atoms with Crippen LogP contribution in [0.1, 0.15) is 13.8 Å². The monoisotopic (exact) mass is 245 g/mol. The van der Waals surface area contributed by atoms with E-state index in [1.807, 2.05) is 0 Å². The lowest BCUT2D eigenvalue weighted by Gasteiger charge is -2.08. The maximum absolute atomic E-state index is 11.4. The van der Waals surface area contributed by atoms with E-state index in [1.54, 1.807) is 13.8 Å². The van der Waals surface area contributed by atoms with Gasteiger partial charge in [-0.05, 0) is 13.8 Å². The van der Waals surface area contributed by atoms with Gasteiger partial charge in [0.25, 0.3) is 0 Å². The Labute approximate surface area is 84.4 Å². The van der Waals surface area contributed by atoms with Gasteiger partial charge >= 0.3 is 15.9 Å². The van der Waals surface area contributed by atoms with Crippen molar-refractivity contribution < 1.29 is 27.2 Å². The molecule has 0 rings (SSSR count). The molecule has 0 aliphatic carbocycles. The molecule has 0 saturated heterocycles. The van der Waals surface area contributed by atoms with Crippen molar-refractivity contribution in [3.63, 3.8) is 0 Å². The van der Waals surface area contributed by atoms with Gasteiger partial charge in [0, 0.05) is 18.8 Å². The molecule has 0 aromatic carbocycles. The summed E-state index contributed by atoms with van der Waals surface area (Å²) < 4.78 is 41.0. The van der Waals surface area contributed by atoms with Gasteiger partial charge in [-0.1, -0.05) is 0 Å². The van der Waals surface area contributed by atoms with Crippen LogP contribution >= 0.6 is 15.9 Å². The summed E-state index contributed by atoms with van der Waals surface area (Å²) in [5.74, 6) is 0. The first-order chi connectivity index (χ1) is 6.43. The van der Waals surface area contributed by atoms with Gasteiger partial charge in [0.2, 0.25) is 6.35 Å². The normalized spacial score (nSPS) is 13.4. The molecular formula is C6H15O6P2+. The predicted octanol–water partition coefficient (Wildman–Crippen LogP) is 2.53. The highest BCUT2D eigenvalue weighted by atomic mass is 31.2. The Morgan fingerprint density at radius 3 is 2.14 bits per heavy atom. The average Bonchev–Trinajstić information content (AvgIpc) is 2.13. The van der Waals surface area contributed by atoms with Gasteiger partial charge in [-0.25, -0.2) is 0 Å². The molecule has 0 bridgehead atoms. The van der Waals surface area contributed by atoms with Crippen molar-refractivity contribution in [3.05, 3.63) is 0 Å². The van der Waals surface area contributed by atoms with Gasteiger partial charge in [-0.2, -0.15) is 0 Å². The molecule has 6 nitrogen and oxygen atoms in total. The molecule has 1 unspecified atom stereocenters. The van der Waals surface area contributed by atoms with E-state index in [4.69, 9.17) is 4.52 Å². The fourth-order valence-electron chi connectivity index (χ4n) is 0.500.